The van der Waals surface area contributed by atoms with Crippen LogP contribution in [0.25, 0.3) is 0 Å². The molecular weight excluding hydrogens is 1040 g/mol. The van der Waals surface area contributed by atoms with Crippen molar-refractivity contribution in [2.75, 3.05) is 80.0 Å². The van der Waals surface area contributed by atoms with Crippen molar-refractivity contribution < 1.29 is 31.9 Å². The second-order valence-corrected chi connectivity index (χ2v) is 21.8. The van der Waals surface area contributed by atoms with E-state index >= 15 is 0 Å². The van der Waals surface area contributed by atoms with Crippen LogP contribution >= 0.6 is 47.8 Å². The summed E-state index contributed by atoms with van der Waals surface area (Å²) in [5.74, 6) is 1.70. The number of likely N-dealkylation sites (N-methyl/N-ethyl adjacent to an activating group) is 3. The maximum Gasteiger partial charge on any atom is 0.394 e. The molecule has 0 spiro atoms. The van der Waals surface area contributed by atoms with Crippen molar-refractivity contribution in [2.24, 2.45) is 17.8 Å². The van der Waals surface area contributed by atoms with Gasteiger partial charge in [-0.25, -0.2) is 0 Å². The Morgan fingerprint density at radius 3 is 0.800 bits per heavy atom. The van der Waals surface area contributed by atoms with Crippen molar-refractivity contribution in [1.82, 2.24) is 29.4 Å². The van der Waals surface area contributed by atoms with Crippen molar-refractivity contribution in [3.8, 4) is 0 Å². The number of carbonyl (C=O) groups excluding carboxylic acids is 3. The summed E-state index contributed by atoms with van der Waals surface area (Å²) in [5.41, 5.74) is 2.26. The minimum atomic E-state index is -4.67. The molecule has 3 aromatic rings. The third kappa shape index (κ3) is 19.4. The van der Waals surface area contributed by atoms with E-state index in [2.05, 4.69) is 104 Å². The fourth-order valence-corrected chi connectivity index (χ4v) is 8.46. The molecule has 13 nitrogen and oxygen atoms in total. The third-order valence-electron chi connectivity index (χ3n) is 12.2. The second kappa shape index (κ2) is 27.3. The van der Waals surface area contributed by atoms with Crippen molar-refractivity contribution in [3.63, 3.8) is 0 Å². The lowest BCUT2D eigenvalue weighted by molar-refractivity contribution is 0.0559. The maximum absolute atomic E-state index is 12.6. The van der Waals surface area contributed by atoms with Gasteiger partial charge in [-0.2, -0.15) is 8.42 Å². The molecule has 6 rings (SSSR count). The van der Waals surface area contributed by atoms with Gasteiger partial charge in [0.1, 0.15) is 0 Å². The minimum absolute atomic E-state index is 0.108. The van der Waals surface area contributed by atoms with Crippen LogP contribution in [-0.2, 0) is 10.4 Å². The Labute approximate surface area is 414 Å². The Bertz CT molecular complexity index is 1820. The first-order valence-corrected chi connectivity index (χ1v) is 26.2. The summed E-state index contributed by atoms with van der Waals surface area (Å²) in [5, 5.41) is 0. The number of benzene rings is 3. The number of rotatable bonds is 15. The number of amides is 3. The topological polar surface area (TPSA) is 145 Å². The van der Waals surface area contributed by atoms with Crippen LogP contribution in [0.5, 0.6) is 0 Å². The van der Waals surface area contributed by atoms with Crippen LogP contribution in [0.2, 0.25) is 0 Å². The van der Waals surface area contributed by atoms with E-state index in [9.17, 15) is 14.4 Å². The zero-order valence-electron chi connectivity index (χ0n) is 39.5. The average molecular weight is 1120 g/mol. The van der Waals surface area contributed by atoms with Crippen LogP contribution < -0.4 is 0 Å². The van der Waals surface area contributed by atoms with E-state index < -0.39 is 10.4 Å². The predicted molar refractivity (Wildman–Crippen MR) is 272 cm³/mol. The van der Waals surface area contributed by atoms with Gasteiger partial charge in [0.05, 0.1) is 0 Å². The molecule has 3 aromatic carbocycles. The van der Waals surface area contributed by atoms with Gasteiger partial charge in [0, 0.05) is 89.0 Å². The highest BCUT2D eigenvalue weighted by Crippen LogP contribution is 2.22. The molecule has 0 radical (unpaired) electrons. The quantitative estimate of drug-likeness (QED) is 0.142. The van der Waals surface area contributed by atoms with E-state index in [-0.39, 0.29) is 35.8 Å². The van der Waals surface area contributed by atoms with Gasteiger partial charge < -0.3 is 29.4 Å². The normalized spacial score (nSPS) is 16.4. The molecule has 362 valence electrons. The first kappa shape index (κ1) is 56.6. The van der Waals surface area contributed by atoms with Gasteiger partial charge in [-0.1, -0.05) is 89.3 Å². The van der Waals surface area contributed by atoms with Crippen LogP contribution in [0.3, 0.4) is 0 Å². The number of hydrogen-bond donors (Lipinski definition) is 2. The van der Waals surface area contributed by atoms with E-state index in [1.165, 1.54) is 58.5 Å². The molecule has 0 saturated carbocycles. The van der Waals surface area contributed by atoms with Gasteiger partial charge in [0.25, 0.3) is 17.7 Å². The molecule has 3 aliphatic rings. The van der Waals surface area contributed by atoms with Crippen molar-refractivity contribution in [2.45, 2.75) is 78.9 Å². The highest BCUT2D eigenvalue weighted by Gasteiger charge is 2.30. The lowest BCUT2D eigenvalue weighted by Crippen LogP contribution is -2.51. The lowest BCUT2D eigenvalue weighted by Gasteiger charge is -2.39. The zero-order chi connectivity index (χ0) is 48.6. The van der Waals surface area contributed by atoms with Crippen LogP contribution in [0, 0.1) is 17.8 Å². The minimum Gasteiger partial charge on any atom is -0.337 e. The molecule has 0 unspecified atom stereocenters. The summed E-state index contributed by atoms with van der Waals surface area (Å²) < 4.78 is 34.6. The van der Waals surface area contributed by atoms with Crippen molar-refractivity contribution in [1.29, 1.82) is 0 Å². The molecule has 2 N–H and O–H groups in total. The van der Waals surface area contributed by atoms with Gasteiger partial charge in [-0.3, -0.25) is 23.5 Å². The third-order valence-corrected chi connectivity index (χ3v) is 13.8. The monoisotopic (exact) mass is 1110 g/mol. The molecule has 3 heterocycles. The first-order valence-electron chi connectivity index (χ1n) is 22.4. The van der Waals surface area contributed by atoms with E-state index in [0.717, 1.165) is 49.7 Å². The molecule has 3 saturated heterocycles. The van der Waals surface area contributed by atoms with E-state index in [1.54, 1.807) is 0 Å². The summed E-state index contributed by atoms with van der Waals surface area (Å²) in [6, 6.07) is 23.6. The molecule has 0 aliphatic carbocycles. The molecule has 3 aliphatic heterocycles. The average Bonchev–Trinajstić information content (AvgIpc) is 3.18. The van der Waals surface area contributed by atoms with Gasteiger partial charge in [0.2, 0.25) is 0 Å². The van der Waals surface area contributed by atoms with Crippen molar-refractivity contribution >= 4 is 75.9 Å². The molecule has 3 fully saturated rings. The highest BCUT2D eigenvalue weighted by molar-refractivity contribution is 9.11. The molecule has 0 aromatic heterocycles. The second-order valence-electron chi connectivity index (χ2n) is 18.1. The van der Waals surface area contributed by atoms with Crippen LogP contribution in [0.15, 0.2) is 86.2 Å². The largest absolute Gasteiger partial charge is 0.394 e. The first-order chi connectivity index (χ1) is 30.5. The predicted octanol–water partition coefficient (Wildman–Crippen LogP) is 9.10. The summed E-state index contributed by atoms with van der Waals surface area (Å²) in [7, 11) is 1.11. The Morgan fingerprint density at radius 2 is 0.662 bits per heavy atom. The fourth-order valence-electron chi connectivity index (χ4n) is 7.67. The molecule has 17 heteroatoms. The Kier molecular flexibility index (Phi) is 23.8. The molecule has 0 bridgehead atoms. The summed E-state index contributed by atoms with van der Waals surface area (Å²) in [6.45, 7) is 23.1. The summed E-state index contributed by atoms with van der Waals surface area (Å²) in [4.78, 5) is 50.8. The summed E-state index contributed by atoms with van der Waals surface area (Å²) in [6.07, 6.45) is 3.86. The highest BCUT2D eigenvalue weighted by atomic mass is 79.9. The maximum atomic E-state index is 12.6. The fraction of sp³-hybridized carbons (Fsp3) is 0.562. The number of likely N-dealkylation sites (tertiary alicyclic amines) is 3. The van der Waals surface area contributed by atoms with E-state index in [1.807, 2.05) is 109 Å². The van der Waals surface area contributed by atoms with E-state index in [0.29, 0.717) is 17.8 Å². The smallest absolute Gasteiger partial charge is 0.337 e. The molecule has 65 heavy (non-hydrogen) atoms. The van der Waals surface area contributed by atoms with Gasteiger partial charge in [-0.05, 0) is 149 Å². The number of hydrogen-bond acceptors (Lipinski definition) is 8. The Morgan fingerprint density at radius 1 is 0.477 bits per heavy atom. The number of carbonyl (C=O) groups is 3. The SMILES string of the molecule is CC(C)[C@@H](CN1CCC1)N(C)C(=O)c1ccc(Br)cc1.CC(C)[C@@H](CN1CCC1)N(C)C(=O)c1ccc(Br)cc1.CC(C)[C@@H](CN1CCC1)N(C)C(=O)c1ccc(Br)cc1.O=S(=O)(O)O. The van der Waals surface area contributed by atoms with Gasteiger partial charge in [-0.15, -0.1) is 0 Å². The number of nitrogens with zero attached hydrogens (tertiary/aromatic N) is 6. The molecule has 3 atom stereocenters. The molecular formula is C48H71Br3N6O7S. The van der Waals surface area contributed by atoms with Gasteiger partial charge >= 0.3 is 10.4 Å². The van der Waals surface area contributed by atoms with E-state index in [4.69, 9.17) is 17.5 Å². The number of halogens is 3. The molecule has 3 amide bonds. The Hall–Kier alpha value is -2.74. The van der Waals surface area contributed by atoms with Crippen LogP contribution in [0.4, 0.5) is 0 Å². The van der Waals surface area contributed by atoms with Crippen LogP contribution in [0.1, 0.15) is 91.9 Å². The van der Waals surface area contributed by atoms with Crippen molar-refractivity contribution in [3.05, 3.63) is 103 Å². The summed E-state index contributed by atoms with van der Waals surface area (Å²) >= 11 is 10.2. The van der Waals surface area contributed by atoms with Crippen LogP contribution in [-0.4, -0.2) is 163 Å². The zero-order valence-corrected chi connectivity index (χ0v) is 45.1. The standard InChI is InChI=1S/3C16H23BrN2O.H2O4S/c3*1-12(2)15(11-19-9-4-10-19)18(3)16(20)13-5-7-14(17)8-6-13;1-5(2,3)4/h3*5-8,12,15H,4,9-11H2,1-3H3;(H2,1,2,3,4)/t3*15-;/m111./s1. The van der Waals surface area contributed by atoms with Gasteiger partial charge in [0.15, 0.2) is 0 Å². The Balaban J connectivity index is 0.000000246. The lowest BCUT2D eigenvalue weighted by atomic mass is 10.00.